The van der Waals surface area contributed by atoms with Crippen molar-refractivity contribution in [3.8, 4) is 0 Å². The van der Waals surface area contributed by atoms with Crippen LogP contribution in [-0.4, -0.2) is 29.7 Å². The van der Waals surface area contributed by atoms with E-state index >= 15 is 0 Å². The molecule has 0 aromatic carbocycles. The molecular formula is C12H22N2O3. The van der Waals surface area contributed by atoms with E-state index in [0.717, 1.165) is 6.42 Å². The lowest BCUT2D eigenvalue weighted by atomic mass is 9.97. The van der Waals surface area contributed by atoms with Gasteiger partial charge in [0.25, 0.3) is 0 Å². The zero-order valence-corrected chi connectivity index (χ0v) is 10.7. The molecule has 3 N–H and O–H groups in total. The molecule has 0 aliphatic heterocycles. The van der Waals surface area contributed by atoms with Gasteiger partial charge in [-0.25, -0.2) is 4.79 Å². The van der Waals surface area contributed by atoms with Gasteiger partial charge in [0.05, 0.1) is 5.92 Å². The van der Waals surface area contributed by atoms with Crippen LogP contribution in [-0.2, 0) is 4.79 Å². The molecule has 0 radical (unpaired) electrons. The molecule has 5 nitrogen and oxygen atoms in total. The number of carbonyl (C=O) groups excluding carboxylic acids is 1. The van der Waals surface area contributed by atoms with E-state index in [-0.39, 0.29) is 18.6 Å². The lowest BCUT2D eigenvalue weighted by Crippen LogP contribution is -2.41. The number of nitrogens with one attached hydrogen (secondary N) is 2. The summed E-state index contributed by atoms with van der Waals surface area (Å²) in [6, 6.07) is 0.0118. The van der Waals surface area contributed by atoms with E-state index < -0.39 is 11.9 Å². The highest BCUT2D eigenvalue weighted by molar-refractivity contribution is 5.76. The van der Waals surface area contributed by atoms with E-state index in [1.165, 1.54) is 0 Å². The Morgan fingerprint density at radius 1 is 1.41 bits per heavy atom. The smallest absolute Gasteiger partial charge is 0.315 e. The molecule has 0 saturated heterocycles. The number of hydrogen-bond donors (Lipinski definition) is 3. The van der Waals surface area contributed by atoms with Gasteiger partial charge in [-0.2, -0.15) is 0 Å². The van der Waals surface area contributed by atoms with E-state index in [2.05, 4.69) is 17.6 Å². The monoisotopic (exact) mass is 242 g/mol. The Labute approximate surface area is 102 Å². The summed E-state index contributed by atoms with van der Waals surface area (Å²) in [5.41, 5.74) is 0. The largest absolute Gasteiger partial charge is 0.481 e. The second kappa shape index (κ2) is 5.89. The van der Waals surface area contributed by atoms with Crippen LogP contribution in [0.2, 0.25) is 0 Å². The Hall–Kier alpha value is -1.26. The highest BCUT2D eigenvalue weighted by atomic mass is 16.4. The minimum Gasteiger partial charge on any atom is -0.481 e. The lowest BCUT2D eigenvalue weighted by Gasteiger charge is -2.15. The van der Waals surface area contributed by atoms with Gasteiger partial charge in [0, 0.05) is 12.6 Å². The molecule has 0 spiro atoms. The first-order chi connectivity index (χ1) is 7.90. The Bertz CT molecular complexity index is 291. The Morgan fingerprint density at radius 3 is 2.41 bits per heavy atom. The summed E-state index contributed by atoms with van der Waals surface area (Å²) >= 11 is 0. The first kappa shape index (κ1) is 13.8. The van der Waals surface area contributed by atoms with Crippen LogP contribution in [0.5, 0.6) is 0 Å². The van der Waals surface area contributed by atoms with Crippen molar-refractivity contribution in [2.45, 2.75) is 39.7 Å². The Balaban J connectivity index is 2.25. The fourth-order valence-electron chi connectivity index (χ4n) is 1.80. The van der Waals surface area contributed by atoms with Crippen molar-refractivity contribution < 1.29 is 14.7 Å². The van der Waals surface area contributed by atoms with Crippen molar-refractivity contribution in [2.75, 3.05) is 6.54 Å². The van der Waals surface area contributed by atoms with E-state index in [1.807, 2.05) is 13.8 Å². The number of hydrogen-bond acceptors (Lipinski definition) is 2. The molecule has 2 amide bonds. The van der Waals surface area contributed by atoms with Crippen molar-refractivity contribution in [2.24, 2.45) is 17.8 Å². The van der Waals surface area contributed by atoms with Crippen molar-refractivity contribution in [3.05, 3.63) is 0 Å². The van der Waals surface area contributed by atoms with Gasteiger partial charge in [0.2, 0.25) is 0 Å². The number of rotatable bonds is 6. The molecule has 1 aliphatic carbocycles. The van der Waals surface area contributed by atoms with Crippen molar-refractivity contribution in [3.63, 3.8) is 0 Å². The molecule has 1 saturated carbocycles. The number of aliphatic carboxylic acids is 1. The molecule has 3 atom stereocenters. The number of carboxylic acids is 1. The van der Waals surface area contributed by atoms with Crippen molar-refractivity contribution >= 4 is 12.0 Å². The van der Waals surface area contributed by atoms with Gasteiger partial charge in [0.15, 0.2) is 0 Å². The standard InChI is InChI=1S/C12H22N2O3/c1-7(2)4-9(11(15)16)6-13-12(17)14-10-5-8(10)3/h7-10H,4-6H2,1-3H3,(H,15,16)(H2,13,14,17). The average Bonchev–Trinajstić information content (AvgIpc) is 2.87. The van der Waals surface area contributed by atoms with Crippen LogP contribution >= 0.6 is 0 Å². The maximum atomic E-state index is 11.4. The summed E-state index contributed by atoms with van der Waals surface area (Å²) in [5, 5.41) is 14.4. The second-order valence-corrected chi connectivity index (χ2v) is 5.34. The van der Waals surface area contributed by atoms with Crippen LogP contribution < -0.4 is 10.6 Å². The van der Waals surface area contributed by atoms with Crippen molar-refractivity contribution in [1.29, 1.82) is 0 Å². The zero-order valence-electron chi connectivity index (χ0n) is 10.7. The summed E-state index contributed by atoms with van der Waals surface area (Å²) in [4.78, 5) is 22.4. The number of amides is 2. The van der Waals surface area contributed by atoms with E-state index in [9.17, 15) is 9.59 Å². The predicted molar refractivity (Wildman–Crippen MR) is 64.7 cm³/mol. The van der Waals surface area contributed by atoms with E-state index in [0.29, 0.717) is 18.3 Å². The average molecular weight is 242 g/mol. The molecule has 0 heterocycles. The molecule has 1 fully saturated rings. The third-order valence-corrected chi connectivity index (χ3v) is 3.04. The topological polar surface area (TPSA) is 78.4 Å². The van der Waals surface area contributed by atoms with Crippen molar-refractivity contribution in [1.82, 2.24) is 10.6 Å². The van der Waals surface area contributed by atoms with Crippen LogP contribution in [0.4, 0.5) is 4.79 Å². The number of carboxylic acid groups (broad SMARTS) is 1. The van der Waals surface area contributed by atoms with Crippen LogP contribution in [0.3, 0.4) is 0 Å². The number of urea groups is 1. The molecule has 98 valence electrons. The summed E-state index contributed by atoms with van der Waals surface area (Å²) in [7, 11) is 0. The highest BCUT2D eigenvalue weighted by Crippen LogP contribution is 2.28. The normalized spacial score (nSPS) is 24.2. The molecule has 0 bridgehead atoms. The molecule has 0 aromatic rings. The van der Waals surface area contributed by atoms with E-state index in [4.69, 9.17) is 5.11 Å². The fraction of sp³-hybridized carbons (Fsp3) is 0.833. The Kier molecular flexibility index (Phi) is 4.78. The minimum atomic E-state index is -0.848. The third-order valence-electron chi connectivity index (χ3n) is 3.04. The zero-order chi connectivity index (χ0) is 13.0. The predicted octanol–water partition coefficient (Wildman–Crippen LogP) is 1.44. The van der Waals surface area contributed by atoms with Crippen LogP contribution in [0, 0.1) is 17.8 Å². The maximum Gasteiger partial charge on any atom is 0.315 e. The second-order valence-electron chi connectivity index (χ2n) is 5.34. The third kappa shape index (κ3) is 5.06. The summed E-state index contributed by atoms with van der Waals surface area (Å²) < 4.78 is 0. The highest BCUT2D eigenvalue weighted by Gasteiger charge is 2.33. The SMILES string of the molecule is CC(C)CC(CNC(=O)NC1CC1C)C(=O)O. The first-order valence-corrected chi connectivity index (χ1v) is 6.17. The van der Waals surface area contributed by atoms with Gasteiger partial charge in [-0.05, 0) is 24.7 Å². The molecule has 0 aromatic heterocycles. The Morgan fingerprint density at radius 2 is 2.00 bits per heavy atom. The van der Waals surface area contributed by atoms with Gasteiger partial charge in [-0.3, -0.25) is 4.79 Å². The van der Waals surface area contributed by atoms with Crippen LogP contribution in [0.15, 0.2) is 0 Å². The molecule has 1 aliphatic rings. The quantitative estimate of drug-likeness (QED) is 0.659. The lowest BCUT2D eigenvalue weighted by molar-refractivity contribution is -0.142. The summed E-state index contributed by atoms with van der Waals surface area (Å²) in [6.45, 7) is 6.22. The maximum absolute atomic E-state index is 11.4. The molecule has 17 heavy (non-hydrogen) atoms. The molecular weight excluding hydrogens is 220 g/mol. The van der Waals surface area contributed by atoms with Crippen LogP contribution in [0.25, 0.3) is 0 Å². The molecule has 3 unspecified atom stereocenters. The fourth-order valence-corrected chi connectivity index (χ4v) is 1.80. The molecule has 1 rings (SSSR count). The summed E-state index contributed by atoms with van der Waals surface area (Å²) in [5.74, 6) is -0.493. The first-order valence-electron chi connectivity index (χ1n) is 6.17. The summed E-state index contributed by atoms with van der Waals surface area (Å²) in [6.07, 6.45) is 1.59. The van der Waals surface area contributed by atoms with Gasteiger partial charge < -0.3 is 15.7 Å². The number of carbonyl (C=O) groups is 2. The van der Waals surface area contributed by atoms with Gasteiger partial charge in [-0.15, -0.1) is 0 Å². The van der Waals surface area contributed by atoms with Gasteiger partial charge >= 0.3 is 12.0 Å². The van der Waals surface area contributed by atoms with Gasteiger partial charge in [0.1, 0.15) is 0 Å². The van der Waals surface area contributed by atoms with Crippen LogP contribution in [0.1, 0.15) is 33.6 Å². The minimum absolute atomic E-state index is 0.195. The molecule has 5 heteroatoms. The van der Waals surface area contributed by atoms with E-state index in [1.54, 1.807) is 0 Å². The van der Waals surface area contributed by atoms with Gasteiger partial charge in [-0.1, -0.05) is 20.8 Å².